The SMILES string of the molecule is O=C1NCCC2C1CNN2c1ccccc1. The van der Waals surface area contributed by atoms with E-state index in [1.54, 1.807) is 0 Å². The van der Waals surface area contributed by atoms with Gasteiger partial charge in [0.1, 0.15) is 0 Å². The van der Waals surface area contributed by atoms with Crippen molar-refractivity contribution in [2.24, 2.45) is 5.92 Å². The van der Waals surface area contributed by atoms with Crippen LogP contribution in [0.5, 0.6) is 0 Å². The van der Waals surface area contributed by atoms with Gasteiger partial charge in [0.25, 0.3) is 0 Å². The number of amides is 1. The average molecular weight is 217 g/mol. The Labute approximate surface area is 94.6 Å². The second-order valence-corrected chi connectivity index (χ2v) is 4.32. The van der Waals surface area contributed by atoms with Crippen LogP contribution in [0.1, 0.15) is 6.42 Å². The second-order valence-electron chi connectivity index (χ2n) is 4.32. The minimum absolute atomic E-state index is 0.0916. The molecule has 2 aliphatic rings. The Balaban J connectivity index is 1.86. The Morgan fingerprint density at radius 1 is 1.25 bits per heavy atom. The Hall–Kier alpha value is -1.55. The molecule has 1 aromatic carbocycles. The fraction of sp³-hybridized carbons (Fsp3) is 0.417. The van der Waals surface area contributed by atoms with E-state index in [9.17, 15) is 4.79 Å². The Morgan fingerprint density at radius 2 is 2.06 bits per heavy atom. The lowest BCUT2D eigenvalue weighted by atomic mass is 9.94. The number of nitrogens with one attached hydrogen (secondary N) is 2. The van der Waals surface area contributed by atoms with E-state index in [4.69, 9.17) is 0 Å². The molecule has 2 N–H and O–H groups in total. The lowest BCUT2D eigenvalue weighted by Gasteiger charge is -2.31. The predicted molar refractivity (Wildman–Crippen MR) is 61.8 cm³/mol. The minimum Gasteiger partial charge on any atom is -0.356 e. The standard InChI is InChI=1S/C12H15N3O/c16-12-10-8-14-15(11(10)6-7-13-12)9-4-2-1-3-5-9/h1-5,10-11,14H,6-8H2,(H,13,16). The number of piperidine rings is 1. The number of hydrazine groups is 1. The zero-order valence-electron chi connectivity index (χ0n) is 9.02. The molecule has 2 fully saturated rings. The summed E-state index contributed by atoms with van der Waals surface area (Å²) in [5, 5.41) is 5.06. The maximum Gasteiger partial charge on any atom is 0.226 e. The number of benzene rings is 1. The van der Waals surface area contributed by atoms with Gasteiger partial charge < -0.3 is 10.3 Å². The molecule has 0 aromatic heterocycles. The summed E-state index contributed by atoms with van der Waals surface area (Å²) in [6.45, 7) is 1.52. The van der Waals surface area contributed by atoms with E-state index < -0.39 is 0 Å². The third-order valence-corrected chi connectivity index (χ3v) is 3.39. The van der Waals surface area contributed by atoms with E-state index in [1.807, 2.05) is 18.2 Å². The predicted octanol–water partition coefficient (Wildman–Crippen LogP) is 0.516. The summed E-state index contributed by atoms with van der Waals surface area (Å²) < 4.78 is 0. The van der Waals surface area contributed by atoms with Crippen LogP contribution in [0.2, 0.25) is 0 Å². The molecule has 2 aliphatic heterocycles. The van der Waals surface area contributed by atoms with E-state index in [0.29, 0.717) is 6.04 Å². The van der Waals surface area contributed by atoms with Crippen molar-refractivity contribution >= 4 is 11.6 Å². The molecule has 3 rings (SSSR count). The summed E-state index contributed by atoms with van der Waals surface area (Å²) in [5.74, 6) is 0.274. The molecule has 4 heteroatoms. The monoisotopic (exact) mass is 217 g/mol. The molecule has 16 heavy (non-hydrogen) atoms. The zero-order valence-corrected chi connectivity index (χ0v) is 9.02. The highest BCUT2D eigenvalue weighted by Gasteiger charge is 2.40. The van der Waals surface area contributed by atoms with Gasteiger partial charge in [0.2, 0.25) is 5.91 Å². The van der Waals surface area contributed by atoms with Gasteiger partial charge in [0, 0.05) is 13.1 Å². The third kappa shape index (κ3) is 1.46. The number of rotatable bonds is 1. The molecule has 0 saturated carbocycles. The first-order chi connectivity index (χ1) is 7.86. The largest absolute Gasteiger partial charge is 0.356 e. The van der Waals surface area contributed by atoms with Gasteiger partial charge in [-0.25, -0.2) is 5.43 Å². The van der Waals surface area contributed by atoms with Crippen molar-refractivity contribution < 1.29 is 4.79 Å². The van der Waals surface area contributed by atoms with E-state index in [-0.39, 0.29) is 11.8 Å². The van der Waals surface area contributed by atoms with Crippen molar-refractivity contribution in [2.75, 3.05) is 18.1 Å². The molecule has 0 bridgehead atoms. The van der Waals surface area contributed by atoms with Crippen LogP contribution < -0.4 is 15.8 Å². The van der Waals surface area contributed by atoms with Gasteiger partial charge in [-0.3, -0.25) is 4.79 Å². The summed E-state index contributed by atoms with van der Waals surface area (Å²) in [6.07, 6.45) is 1.01. The molecule has 0 spiro atoms. The molecule has 2 unspecified atom stereocenters. The van der Waals surface area contributed by atoms with Crippen LogP contribution >= 0.6 is 0 Å². The first kappa shape index (κ1) is 9.66. The molecular weight excluding hydrogens is 202 g/mol. The van der Waals surface area contributed by atoms with Gasteiger partial charge in [-0.15, -0.1) is 0 Å². The number of carbonyl (C=O) groups excluding carboxylic acids is 1. The fourth-order valence-corrected chi connectivity index (χ4v) is 2.57. The summed E-state index contributed by atoms with van der Waals surface area (Å²) in [7, 11) is 0. The lowest BCUT2D eigenvalue weighted by molar-refractivity contribution is -0.126. The summed E-state index contributed by atoms with van der Waals surface area (Å²) >= 11 is 0. The number of hydrogen-bond donors (Lipinski definition) is 2. The van der Waals surface area contributed by atoms with Crippen LogP contribution in [-0.4, -0.2) is 25.0 Å². The number of hydrogen-bond acceptors (Lipinski definition) is 3. The number of fused-ring (bicyclic) bond motifs is 1. The van der Waals surface area contributed by atoms with E-state index >= 15 is 0 Å². The van der Waals surface area contributed by atoms with E-state index in [0.717, 1.165) is 25.2 Å². The van der Waals surface area contributed by atoms with Gasteiger partial charge in [0.05, 0.1) is 17.6 Å². The first-order valence-corrected chi connectivity index (χ1v) is 5.72. The Kier molecular flexibility index (Phi) is 2.29. The number of nitrogens with zero attached hydrogens (tertiary/aromatic N) is 1. The molecule has 2 heterocycles. The molecule has 2 saturated heterocycles. The molecule has 1 amide bonds. The first-order valence-electron chi connectivity index (χ1n) is 5.72. The molecular formula is C12H15N3O. The normalized spacial score (nSPS) is 28.8. The lowest BCUT2D eigenvalue weighted by Crippen LogP contribution is -2.48. The van der Waals surface area contributed by atoms with Crippen LogP contribution in [0.4, 0.5) is 5.69 Å². The quantitative estimate of drug-likeness (QED) is 0.720. The minimum atomic E-state index is 0.0916. The van der Waals surface area contributed by atoms with Gasteiger partial charge in [-0.1, -0.05) is 18.2 Å². The third-order valence-electron chi connectivity index (χ3n) is 3.39. The van der Waals surface area contributed by atoms with Gasteiger partial charge in [-0.2, -0.15) is 0 Å². The average Bonchev–Trinajstić information content (AvgIpc) is 2.75. The molecule has 84 valence electrons. The van der Waals surface area contributed by atoms with E-state index in [1.165, 1.54) is 0 Å². The highest BCUT2D eigenvalue weighted by Crippen LogP contribution is 2.27. The fourth-order valence-electron chi connectivity index (χ4n) is 2.57. The van der Waals surface area contributed by atoms with Gasteiger partial charge in [-0.05, 0) is 18.6 Å². The zero-order chi connectivity index (χ0) is 11.0. The van der Waals surface area contributed by atoms with Crippen molar-refractivity contribution in [1.82, 2.24) is 10.7 Å². The maximum absolute atomic E-state index is 11.7. The van der Waals surface area contributed by atoms with Crippen LogP contribution in [0.25, 0.3) is 0 Å². The van der Waals surface area contributed by atoms with Crippen LogP contribution in [-0.2, 0) is 4.79 Å². The number of anilines is 1. The molecule has 2 atom stereocenters. The Morgan fingerprint density at radius 3 is 2.88 bits per heavy atom. The Bertz CT molecular complexity index is 393. The molecule has 1 aromatic rings. The van der Waals surface area contributed by atoms with Crippen LogP contribution in [0, 0.1) is 5.92 Å². The molecule has 0 radical (unpaired) electrons. The second kappa shape index (κ2) is 3.79. The van der Waals surface area contributed by atoms with Crippen molar-refractivity contribution in [1.29, 1.82) is 0 Å². The maximum atomic E-state index is 11.7. The number of para-hydroxylation sites is 1. The summed E-state index contributed by atoms with van der Waals surface area (Å²) in [5.41, 5.74) is 4.46. The van der Waals surface area contributed by atoms with E-state index in [2.05, 4.69) is 27.9 Å². The highest BCUT2D eigenvalue weighted by atomic mass is 16.2. The van der Waals surface area contributed by atoms with Crippen LogP contribution in [0.3, 0.4) is 0 Å². The smallest absolute Gasteiger partial charge is 0.226 e. The molecule has 0 aliphatic carbocycles. The van der Waals surface area contributed by atoms with Crippen molar-refractivity contribution in [3.63, 3.8) is 0 Å². The van der Waals surface area contributed by atoms with Crippen molar-refractivity contribution in [3.05, 3.63) is 30.3 Å². The van der Waals surface area contributed by atoms with Gasteiger partial charge in [0.15, 0.2) is 0 Å². The summed E-state index contributed by atoms with van der Waals surface area (Å²) in [4.78, 5) is 11.7. The van der Waals surface area contributed by atoms with Gasteiger partial charge >= 0.3 is 0 Å². The highest BCUT2D eigenvalue weighted by molar-refractivity contribution is 5.81. The van der Waals surface area contributed by atoms with Crippen molar-refractivity contribution in [2.45, 2.75) is 12.5 Å². The van der Waals surface area contributed by atoms with Crippen molar-refractivity contribution in [3.8, 4) is 0 Å². The number of carbonyl (C=O) groups is 1. The molecule has 4 nitrogen and oxygen atoms in total. The van der Waals surface area contributed by atoms with Crippen LogP contribution in [0.15, 0.2) is 30.3 Å². The summed E-state index contributed by atoms with van der Waals surface area (Å²) in [6, 6.07) is 10.5. The topological polar surface area (TPSA) is 44.4 Å².